The van der Waals surface area contributed by atoms with E-state index in [0.717, 1.165) is 5.39 Å². The van der Waals surface area contributed by atoms with Gasteiger partial charge in [0.1, 0.15) is 5.58 Å². The summed E-state index contributed by atoms with van der Waals surface area (Å²) in [5, 5.41) is 13.5. The Morgan fingerprint density at radius 2 is 2.06 bits per heavy atom. The molecule has 1 atom stereocenters. The molecule has 5 heteroatoms. The van der Waals surface area contributed by atoms with Crippen molar-refractivity contribution >= 4 is 22.8 Å². The molecule has 0 fully saturated rings. The Morgan fingerprint density at radius 1 is 1.35 bits per heavy atom. The largest absolute Gasteiger partial charge is 0.548 e. The highest BCUT2D eigenvalue weighted by molar-refractivity contribution is 5.97. The zero-order chi connectivity index (χ0) is 12.4. The molecule has 1 aromatic heterocycles. The zero-order valence-electron chi connectivity index (χ0n) is 9.10. The van der Waals surface area contributed by atoms with Gasteiger partial charge in [-0.1, -0.05) is 18.2 Å². The fraction of sp³-hybridized carbons (Fsp3) is 0.167. The number of benzene rings is 1. The lowest BCUT2D eigenvalue weighted by molar-refractivity contribution is -0.307. The molecular formula is C12H10NO4-. The molecule has 0 spiro atoms. The number of amides is 1. The van der Waals surface area contributed by atoms with Gasteiger partial charge in [-0.2, -0.15) is 0 Å². The van der Waals surface area contributed by atoms with Crippen LogP contribution in [0.3, 0.4) is 0 Å². The van der Waals surface area contributed by atoms with Crippen molar-refractivity contribution in [3.63, 3.8) is 0 Å². The number of carbonyl (C=O) groups excluding carboxylic acids is 2. The Morgan fingerprint density at radius 3 is 2.71 bits per heavy atom. The van der Waals surface area contributed by atoms with Crippen LogP contribution in [0.25, 0.3) is 11.0 Å². The number of carbonyl (C=O) groups is 2. The highest BCUT2D eigenvalue weighted by Crippen LogP contribution is 2.18. The Kier molecular flexibility index (Phi) is 2.82. The predicted octanol–water partition coefficient (Wildman–Crippen LogP) is 0.301. The van der Waals surface area contributed by atoms with E-state index in [2.05, 4.69) is 5.32 Å². The second kappa shape index (κ2) is 4.29. The molecule has 2 rings (SSSR count). The van der Waals surface area contributed by atoms with E-state index >= 15 is 0 Å². The van der Waals surface area contributed by atoms with Crippen LogP contribution in [0.15, 0.2) is 34.7 Å². The number of nitrogens with one attached hydrogen (secondary N) is 1. The van der Waals surface area contributed by atoms with Crippen molar-refractivity contribution in [2.75, 3.05) is 0 Å². The Hall–Kier alpha value is -2.30. The molecule has 0 saturated carbocycles. The first-order chi connectivity index (χ1) is 8.08. The van der Waals surface area contributed by atoms with Crippen LogP contribution >= 0.6 is 0 Å². The van der Waals surface area contributed by atoms with Crippen molar-refractivity contribution in [3.05, 3.63) is 36.1 Å². The van der Waals surface area contributed by atoms with Crippen LogP contribution in [0.2, 0.25) is 0 Å². The quantitative estimate of drug-likeness (QED) is 0.825. The van der Waals surface area contributed by atoms with Crippen molar-refractivity contribution in [2.24, 2.45) is 0 Å². The van der Waals surface area contributed by atoms with Gasteiger partial charge in [-0.15, -0.1) is 0 Å². The van der Waals surface area contributed by atoms with Gasteiger partial charge >= 0.3 is 0 Å². The van der Waals surface area contributed by atoms with Crippen LogP contribution in [-0.4, -0.2) is 17.9 Å². The summed E-state index contributed by atoms with van der Waals surface area (Å²) < 4.78 is 5.29. The first-order valence-electron chi connectivity index (χ1n) is 5.08. The molecular weight excluding hydrogens is 222 g/mol. The summed E-state index contributed by atoms with van der Waals surface area (Å²) in [6, 6.07) is 7.65. The molecule has 1 unspecified atom stereocenters. The number of hydrogen-bond acceptors (Lipinski definition) is 4. The van der Waals surface area contributed by atoms with Gasteiger partial charge < -0.3 is 19.6 Å². The van der Waals surface area contributed by atoms with Gasteiger partial charge in [0.05, 0.1) is 12.0 Å². The monoisotopic (exact) mass is 232 g/mol. The fourth-order valence-corrected chi connectivity index (χ4v) is 1.42. The van der Waals surface area contributed by atoms with Crippen molar-refractivity contribution < 1.29 is 19.1 Å². The minimum Gasteiger partial charge on any atom is -0.548 e. The summed E-state index contributed by atoms with van der Waals surface area (Å²) in [4.78, 5) is 22.1. The maximum atomic E-state index is 11.6. The van der Waals surface area contributed by atoms with Gasteiger partial charge in [0.2, 0.25) is 0 Å². The Bertz CT molecular complexity index is 540. The number of para-hydroxylation sites is 1. The van der Waals surface area contributed by atoms with Crippen LogP contribution < -0.4 is 10.4 Å². The molecule has 0 aliphatic heterocycles. The van der Waals surface area contributed by atoms with Crippen LogP contribution in [-0.2, 0) is 4.79 Å². The lowest BCUT2D eigenvalue weighted by atomic mass is 10.2. The second-order valence-electron chi connectivity index (χ2n) is 3.66. The molecule has 1 heterocycles. The van der Waals surface area contributed by atoms with Gasteiger partial charge in [0, 0.05) is 5.39 Å². The van der Waals surface area contributed by atoms with Crippen LogP contribution in [0.4, 0.5) is 0 Å². The maximum Gasteiger partial charge on any atom is 0.287 e. The molecule has 5 nitrogen and oxygen atoms in total. The van der Waals surface area contributed by atoms with E-state index in [9.17, 15) is 14.7 Å². The van der Waals surface area contributed by atoms with E-state index in [1.165, 1.54) is 6.92 Å². The molecule has 0 bridgehead atoms. The maximum absolute atomic E-state index is 11.6. The number of aliphatic carboxylic acids is 1. The van der Waals surface area contributed by atoms with Gasteiger partial charge in [-0.3, -0.25) is 4.79 Å². The molecule has 88 valence electrons. The van der Waals surface area contributed by atoms with Gasteiger partial charge in [-0.05, 0) is 19.1 Å². The molecule has 1 N–H and O–H groups in total. The third-order valence-electron chi connectivity index (χ3n) is 2.35. The van der Waals surface area contributed by atoms with Crippen LogP contribution in [0.1, 0.15) is 17.5 Å². The van der Waals surface area contributed by atoms with Crippen molar-refractivity contribution in [1.29, 1.82) is 0 Å². The minimum atomic E-state index is -1.34. The summed E-state index contributed by atoms with van der Waals surface area (Å²) in [5.41, 5.74) is 0.582. The molecule has 0 radical (unpaired) electrons. The molecule has 0 aliphatic carbocycles. The number of carboxylic acid groups (broad SMARTS) is 1. The van der Waals surface area contributed by atoms with Gasteiger partial charge in [-0.25, -0.2) is 0 Å². The number of hydrogen-bond donors (Lipinski definition) is 1. The Balaban J connectivity index is 2.22. The van der Waals surface area contributed by atoms with Crippen LogP contribution in [0, 0.1) is 0 Å². The number of furan rings is 1. The van der Waals surface area contributed by atoms with E-state index in [1.54, 1.807) is 24.3 Å². The third kappa shape index (κ3) is 2.28. The topological polar surface area (TPSA) is 82.4 Å². The van der Waals surface area contributed by atoms with Gasteiger partial charge in [0.15, 0.2) is 5.76 Å². The summed E-state index contributed by atoms with van der Waals surface area (Å²) in [6.07, 6.45) is 0. The molecule has 1 amide bonds. The van der Waals surface area contributed by atoms with E-state index < -0.39 is 17.9 Å². The van der Waals surface area contributed by atoms with Gasteiger partial charge in [0.25, 0.3) is 5.91 Å². The van der Waals surface area contributed by atoms with Crippen molar-refractivity contribution in [1.82, 2.24) is 5.32 Å². The average Bonchev–Trinajstić information content (AvgIpc) is 2.72. The summed E-state index contributed by atoms with van der Waals surface area (Å²) >= 11 is 0. The minimum absolute atomic E-state index is 0.0827. The van der Waals surface area contributed by atoms with Crippen LogP contribution in [0.5, 0.6) is 0 Å². The summed E-state index contributed by atoms with van der Waals surface area (Å²) in [6.45, 7) is 1.33. The summed E-state index contributed by atoms with van der Waals surface area (Å²) in [7, 11) is 0. The normalized spacial score (nSPS) is 12.3. The summed E-state index contributed by atoms with van der Waals surface area (Å²) in [5.74, 6) is -1.83. The molecule has 0 saturated heterocycles. The highest BCUT2D eigenvalue weighted by Gasteiger charge is 2.14. The number of fused-ring (bicyclic) bond motifs is 1. The standard InChI is InChI=1S/C12H11NO4/c1-7(12(15)16)13-11(14)10-6-8-4-2-3-5-9(8)17-10/h2-7H,1H3,(H,13,14)(H,15,16)/p-1. The van der Waals surface area contributed by atoms with E-state index in [4.69, 9.17) is 4.42 Å². The first kappa shape index (κ1) is 11.2. The SMILES string of the molecule is CC(NC(=O)c1cc2ccccc2o1)C(=O)[O-]. The molecule has 1 aromatic carbocycles. The second-order valence-corrected chi connectivity index (χ2v) is 3.66. The molecule has 17 heavy (non-hydrogen) atoms. The number of rotatable bonds is 3. The van der Waals surface area contributed by atoms with Crippen molar-refractivity contribution in [3.8, 4) is 0 Å². The van der Waals surface area contributed by atoms with Crippen molar-refractivity contribution in [2.45, 2.75) is 13.0 Å². The van der Waals surface area contributed by atoms with E-state index in [-0.39, 0.29) is 5.76 Å². The zero-order valence-corrected chi connectivity index (χ0v) is 9.10. The smallest absolute Gasteiger partial charge is 0.287 e. The third-order valence-corrected chi connectivity index (χ3v) is 2.35. The molecule has 0 aliphatic rings. The van der Waals surface area contributed by atoms with E-state index in [1.807, 2.05) is 6.07 Å². The average molecular weight is 232 g/mol. The first-order valence-corrected chi connectivity index (χ1v) is 5.08. The number of carboxylic acids is 1. The Labute approximate surface area is 97.0 Å². The lowest BCUT2D eigenvalue weighted by Crippen LogP contribution is -2.45. The fourth-order valence-electron chi connectivity index (χ4n) is 1.42. The molecule has 2 aromatic rings. The van der Waals surface area contributed by atoms with E-state index in [0.29, 0.717) is 5.58 Å². The lowest BCUT2D eigenvalue weighted by Gasteiger charge is -2.12. The predicted molar refractivity (Wildman–Crippen MR) is 58.1 cm³/mol. The highest BCUT2D eigenvalue weighted by atomic mass is 16.4.